The monoisotopic (exact) mass is 240 g/mol. The van der Waals surface area contributed by atoms with Gasteiger partial charge in [0.2, 0.25) is 0 Å². The molecule has 1 atom stereocenters. The normalized spacial score (nSPS) is 12.5. The summed E-state index contributed by atoms with van der Waals surface area (Å²) in [6, 6.07) is 3.10. The van der Waals surface area contributed by atoms with E-state index in [9.17, 15) is 14.3 Å². The lowest BCUT2D eigenvalue weighted by Gasteiger charge is -2.20. The van der Waals surface area contributed by atoms with E-state index in [4.69, 9.17) is 5.73 Å². The van der Waals surface area contributed by atoms with Gasteiger partial charge in [-0.2, -0.15) is 0 Å². The van der Waals surface area contributed by atoms with Crippen LogP contribution in [0.4, 0.5) is 4.39 Å². The molecule has 0 aromatic heterocycles. The van der Waals surface area contributed by atoms with Crippen LogP contribution in [0.2, 0.25) is 0 Å². The molecule has 0 spiro atoms. The first-order chi connectivity index (χ1) is 7.95. The second-order valence-electron chi connectivity index (χ2n) is 4.22. The maximum atomic E-state index is 12.8. The molecule has 0 aliphatic carbocycles. The highest BCUT2D eigenvalue weighted by atomic mass is 19.1. The summed E-state index contributed by atoms with van der Waals surface area (Å²) in [5.74, 6) is -1.22. The number of benzene rings is 1. The third kappa shape index (κ3) is 3.42. The fourth-order valence-corrected chi connectivity index (χ4v) is 1.44. The molecule has 0 aliphatic rings. The van der Waals surface area contributed by atoms with Gasteiger partial charge in [0.15, 0.2) is 0 Å². The third-order valence-electron chi connectivity index (χ3n) is 2.58. The first-order valence-corrected chi connectivity index (χ1v) is 5.45. The van der Waals surface area contributed by atoms with Gasteiger partial charge < -0.3 is 16.2 Å². The minimum absolute atomic E-state index is 0.0468. The summed E-state index contributed by atoms with van der Waals surface area (Å²) >= 11 is 0. The van der Waals surface area contributed by atoms with Gasteiger partial charge >= 0.3 is 0 Å². The predicted molar refractivity (Wildman–Crippen MR) is 63.2 cm³/mol. The number of carbonyl (C=O) groups excluding carboxylic acids is 1. The van der Waals surface area contributed by atoms with Gasteiger partial charge in [-0.05, 0) is 18.1 Å². The van der Waals surface area contributed by atoms with Crippen LogP contribution in [0.1, 0.15) is 24.2 Å². The Morgan fingerprint density at radius 1 is 1.53 bits per heavy atom. The van der Waals surface area contributed by atoms with Crippen molar-refractivity contribution in [3.8, 4) is 5.75 Å². The summed E-state index contributed by atoms with van der Waals surface area (Å²) in [4.78, 5) is 11.8. The molecule has 1 aromatic carbocycles. The Labute approximate surface area is 99.6 Å². The van der Waals surface area contributed by atoms with Crippen molar-refractivity contribution in [2.75, 3.05) is 6.54 Å². The van der Waals surface area contributed by atoms with E-state index in [1.54, 1.807) is 0 Å². The minimum atomic E-state index is -0.585. The zero-order valence-electron chi connectivity index (χ0n) is 9.90. The fraction of sp³-hybridized carbons (Fsp3) is 0.417. The van der Waals surface area contributed by atoms with Gasteiger partial charge in [-0.15, -0.1) is 0 Å². The standard InChI is InChI=1S/C12H17FN2O2/c1-7(2)10(6-14)15-12(17)9-4-3-8(13)5-11(9)16/h3-5,7,10,16H,6,14H2,1-2H3,(H,15,17). The van der Waals surface area contributed by atoms with E-state index in [1.165, 1.54) is 6.07 Å². The van der Waals surface area contributed by atoms with Crippen LogP contribution in [-0.4, -0.2) is 23.6 Å². The molecule has 17 heavy (non-hydrogen) atoms. The van der Waals surface area contributed by atoms with E-state index >= 15 is 0 Å². The second-order valence-corrected chi connectivity index (χ2v) is 4.22. The molecule has 0 heterocycles. The van der Waals surface area contributed by atoms with Crippen LogP contribution in [0.3, 0.4) is 0 Å². The minimum Gasteiger partial charge on any atom is -0.507 e. The largest absolute Gasteiger partial charge is 0.507 e. The van der Waals surface area contributed by atoms with E-state index in [-0.39, 0.29) is 23.3 Å². The maximum absolute atomic E-state index is 12.8. The van der Waals surface area contributed by atoms with E-state index < -0.39 is 11.7 Å². The summed E-state index contributed by atoms with van der Waals surface area (Å²) < 4.78 is 12.8. The molecule has 1 unspecified atom stereocenters. The van der Waals surface area contributed by atoms with Crippen LogP contribution in [0.5, 0.6) is 5.75 Å². The number of rotatable bonds is 4. The van der Waals surface area contributed by atoms with Crippen molar-refractivity contribution < 1.29 is 14.3 Å². The lowest BCUT2D eigenvalue weighted by atomic mass is 10.0. The second kappa shape index (κ2) is 5.63. The average Bonchev–Trinajstić information content (AvgIpc) is 2.24. The Kier molecular flexibility index (Phi) is 4.45. The highest BCUT2D eigenvalue weighted by Gasteiger charge is 2.18. The lowest BCUT2D eigenvalue weighted by molar-refractivity contribution is 0.0925. The molecule has 4 nitrogen and oxygen atoms in total. The number of phenolic OH excluding ortho intramolecular Hbond substituents is 1. The summed E-state index contributed by atoms with van der Waals surface area (Å²) in [5, 5.41) is 12.2. The number of nitrogens with one attached hydrogen (secondary N) is 1. The number of hydrogen-bond acceptors (Lipinski definition) is 3. The molecular formula is C12H17FN2O2. The molecule has 0 bridgehead atoms. The van der Waals surface area contributed by atoms with Gasteiger partial charge in [-0.3, -0.25) is 4.79 Å². The van der Waals surface area contributed by atoms with E-state index in [1.807, 2.05) is 13.8 Å². The van der Waals surface area contributed by atoms with Crippen molar-refractivity contribution in [2.45, 2.75) is 19.9 Å². The molecule has 0 saturated heterocycles. The van der Waals surface area contributed by atoms with Crippen molar-refractivity contribution in [3.05, 3.63) is 29.6 Å². The molecule has 0 aliphatic heterocycles. The van der Waals surface area contributed by atoms with Gasteiger partial charge in [0.05, 0.1) is 5.56 Å². The summed E-state index contributed by atoms with van der Waals surface area (Å²) in [5.41, 5.74) is 5.57. The molecule has 0 fully saturated rings. The van der Waals surface area contributed by atoms with Crippen LogP contribution in [0, 0.1) is 11.7 Å². The maximum Gasteiger partial charge on any atom is 0.255 e. The molecule has 0 saturated carbocycles. The zero-order valence-corrected chi connectivity index (χ0v) is 9.90. The number of halogens is 1. The van der Waals surface area contributed by atoms with Crippen molar-refractivity contribution in [1.82, 2.24) is 5.32 Å². The van der Waals surface area contributed by atoms with E-state index in [0.717, 1.165) is 12.1 Å². The van der Waals surface area contributed by atoms with Crippen molar-refractivity contribution >= 4 is 5.91 Å². The number of aromatic hydroxyl groups is 1. The van der Waals surface area contributed by atoms with Gasteiger partial charge in [0.25, 0.3) is 5.91 Å². The first-order valence-electron chi connectivity index (χ1n) is 5.45. The quantitative estimate of drug-likeness (QED) is 0.741. The number of phenols is 1. The van der Waals surface area contributed by atoms with Crippen LogP contribution in [0.15, 0.2) is 18.2 Å². The lowest BCUT2D eigenvalue weighted by Crippen LogP contribution is -2.43. The van der Waals surface area contributed by atoms with Gasteiger partial charge in [0, 0.05) is 18.7 Å². The Bertz CT molecular complexity index is 407. The summed E-state index contributed by atoms with van der Waals surface area (Å²) in [6.45, 7) is 4.18. The van der Waals surface area contributed by atoms with Gasteiger partial charge in [-0.25, -0.2) is 4.39 Å². The number of hydrogen-bond donors (Lipinski definition) is 3. The zero-order chi connectivity index (χ0) is 13.0. The Morgan fingerprint density at radius 2 is 2.18 bits per heavy atom. The van der Waals surface area contributed by atoms with E-state index in [0.29, 0.717) is 6.54 Å². The molecule has 1 rings (SSSR count). The number of carbonyl (C=O) groups is 1. The SMILES string of the molecule is CC(C)C(CN)NC(=O)c1ccc(F)cc1O. The topological polar surface area (TPSA) is 75.3 Å². The van der Waals surface area contributed by atoms with Gasteiger partial charge in [-0.1, -0.05) is 13.8 Å². The van der Waals surface area contributed by atoms with Crippen molar-refractivity contribution in [1.29, 1.82) is 0 Å². The molecule has 0 radical (unpaired) electrons. The Balaban J connectivity index is 2.82. The summed E-state index contributed by atoms with van der Waals surface area (Å²) in [7, 11) is 0. The van der Waals surface area contributed by atoms with Crippen LogP contribution in [-0.2, 0) is 0 Å². The third-order valence-corrected chi connectivity index (χ3v) is 2.58. The van der Waals surface area contributed by atoms with Crippen LogP contribution < -0.4 is 11.1 Å². The first kappa shape index (κ1) is 13.4. The summed E-state index contributed by atoms with van der Waals surface area (Å²) in [6.07, 6.45) is 0. The number of nitrogens with two attached hydrogens (primary N) is 1. The smallest absolute Gasteiger partial charge is 0.255 e. The highest BCUT2D eigenvalue weighted by molar-refractivity contribution is 5.96. The fourth-order valence-electron chi connectivity index (χ4n) is 1.44. The highest BCUT2D eigenvalue weighted by Crippen LogP contribution is 2.18. The molecule has 94 valence electrons. The molecular weight excluding hydrogens is 223 g/mol. The molecule has 1 amide bonds. The van der Waals surface area contributed by atoms with Crippen molar-refractivity contribution in [3.63, 3.8) is 0 Å². The van der Waals surface area contributed by atoms with Crippen molar-refractivity contribution in [2.24, 2.45) is 11.7 Å². The van der Waals surface area contributed by atoms with Crippen LogP contribution >= 0.6 is 0 Å². The van der Waals surface area contributed by atoms with E-state index in [2.05, 4.69) is 5.32 Å². The predicted octanol–water partition coefficient (Wildman–Crippen LogP) is 1.24. The van der Waals surface area contributed by atoms with Gasteiger partial charge in [0.1, 0.15) is 11.6 Å². The Hall–Kier alpha value is -1.62. The molecule has 4 N–H and O–H groups in total. The Morgan fingerprint density at radius 3 is 2.65 bits per heavy atom. The number of amides is 1. The molecule has 5 heteroatoms. The van der Waals surface area contributed by atoms with Crippen LogP contribution in [0.25, 0.3) is 0 Å². The average molecular weight is 240 g/mol. The molecule has 1 aromatic rings.